The summed E-state index contributed by atoms with van der Waals surface area (Å²) in [6.45, 7) is 0. The molecule has 0 saturated heterocycles. The summed E-state index contributed by atoms with van der Waals surface area (Å²) in [5.41, 5.74) is 0.836. The lowest BCUT2D eigenvalue weighted by Gasteiger charge is -1.90. The highest BCUT2D eigenvalue weighted by molar-refractivity contribution is 5.57. The third kappa shape index (κ3) is 1.99. The highest BCUT2D eigenvalue weighted by atomic mass is 16.1. The zero-order chi connectivity index (χ0) is 8.81. The van der Waals surface area contributed by atoms with Gasteiger partial charge in [0.15, 0.2) is 0 Å². The van der Waals surface area contributed by atoms with Crippen LogP contribution in [0.1, 0.15) is 1.43 Å². The SMILES string of the molecule is O=C=Nc1cccc(N=C=O)c1.[H+]. The Morgan fingerprint density at radius 2 is 1.58 bits per heavy atom. The van der Waals surface area contributed by atoms with Gasteiger partial charge in [-0.25, -0.2) is 9.59 Å². The van der Waals surface area contributed by atoms with Crippen LogP contribution in [0, 0.1) is 0 Å². The maximum atomic E-state index is 9.84. The Bertz CT molecular complexity index is 346. The molecular weight excluding hydrogens is 156 g/mol. The minimum absolute atomic E-state index is 0. The Morgan fingerprint density at radius 1 is 1.08 bits per heavy atom. The monoisotopic (exact) mass is 161 g/mol. The standard InChI is InChI=1S/C8H4N2O2/c11-5-9-7-2-1-3-8(4-7)10-6-12/h1-4H/p+1. The molecule has 0 radical (unpaired) electrons. The van der Waals surface area contributed by atoms with Crippen LogP contribution >= 0.6 is 0 Å². The van der Waals surface area contributed by atoms with Crippen LogP contribution in [-0.2, 0) is 9.59 Å². The molecule has 0 aliphatic carbocycles. The molecule has 0 heterocycles. The minimum Gasteiger partial charge on any atom is -0.211 e. The van der Waals surface area contributed by atoms with E-state index in [1.165, 1.54) is 18.2 Å². The molecule has 1 aromatic rings. The number of aliphatic imine (C=N–C) groups is 2. The molecule has 1 rings (SSSR count). The number of hydrogen-bond donors (Lipinski definition) is 0. The number of benzene rings is 1. The predicted molar refractivity (Wildman–Crippen MR) is 43.1 cm³/mol. The molecule has 0 aromatic heterocycles. The van der Waals surface area contributed by atoms with E-state index in [1.54, 1.807) is 18.2 Å². The summed E-state index contributed by atoms with van der Waals surface area (Å²) in [5.74, 6) is 0. The molecule has 58 valence electrons. The Balaban J connectivity index is 0.00000144. The van der Waals surface area contributed by atoms with Crippen LogP contribution in [0.3, 0.4) is 0 Å². The van der Waals surface area contributed by atoms with Crippen molar-refractivity contribution < 1.29 is 11.0 Å². The fourth-order valence-electron chi connectivity index (χ4n) is 0.738. The lowest BCUT2D eigenvalue weighted by Crippen LogP contribution is -1.64. The molecule has 0 aliphatic heterocycles. The number of rotatable bonds is 2. The zero-order valence-corrected chi connectivity index (χ0v) is 6.02. The molecule has 4 nitrogen and oxygen atoms in total. The number of carbonyl (C=O) groups excluding carboxylic acids is 2. The molecule has 0 spiro atoms. The summed E-state index contributed by atoms with van der Waals surface area (Å²) in [6, 6.07) is 6.32. The van der Waals surface area contributed by atoms with Crippen molar-refractivity contribution in [1.82, 2.24) is 0 Å². The van der Waals surface area contributed by atoms with Crippen LogP contribution < -0.4 is 0 Å². The first kappa shape index (κ1) is 8.08. The number of nitrogens with zero attached hydrogens (tertiary/aromatic N) is 2. The van der Waals surface area contributed by atoms with E-state index in [0.29, 0.717) is 11.4 Å². The molecule has 0 amide bonds. The number of isocyanates is 2. The van der Waals surface area contributed by atoms with E-state index < -0.39 is 0 Å². The Kier molecular flexibility index (Phi) is 2.68. The first-order valence-electron chi connectivity index (χ1n) is 3.12. The Labute approximate surface area is 69.8 Å². The first-order chi connectivity index (χ1) is 5.86. The summed E-state index contributed by atoms with van der Waals surface area (Å²) in [5, 5.41) is 0. The maximum Gasteiger partial charge on any atom is 1.00 e. The highest BCUT2D eigenvalue weighted by Gasteiger charge is 1.90. The summed E-state index contributed by atoms with van der Waals surface area (Å²) in [7, 11) is 0. The van der Waals surface area contributed by atoms with Crippen LogP contribution in [0.15, 0.2) is 34.3 Å². The van der Waals surface area contributed by atoms with Crippen LogP contribution in [0.4, 0.5) is 11.4 Å². The van der Waals surface area contributed by atoms with Gasteiger partial charge in [-0.3, -0.25) is 0 Å². The molecule has 0 aliphatic rings. The largest absolute Gasteiger partial charge is 1.00 e. The van der Waals surface area contributed by atoms with Crippen molar-refractivity contribution in [3.63, 3.8) is 0 Å². The fourth-order valence-corrected chi connectivity index (χ4v) is 0.738. The van der Waals surface area contributed by atoms with Gasteiger partial charge in [0.05, 0.1) is 11.4 Å². The topological polar surface area (TPSA) is 58.9 Å². The summed E-state index contributed by atoms with van der Waals surface area (Å²) < 4.78 is 0. The first-order valence-corrected chi connectivity index (χ1v) is 3.12. The van der Waals surface area contributed by atoms with Crippen LogP contribution in [-0.4, -0.2) is 12.2 Å². The average Bonchev–Trinajstić information content (AvgIpc) is 2.06. The lowest BCUT2D eigenvalue weighted by molar-refractivity contribution is 0.565. The second-order valence-electron chi connectivity index (χ2n) is 1.93. The summed E-state index contributed by atoms with van der Waals surface area (Å²) in [4.78, 5) is 26.4. The molecule has 0 atom stereocenters. The van der Waals surface area contributed by atoms with Gasteiger partial charge in [-0.2, -0.15) is 9.98 Å². The maximum absolute atomic E-state index is 9.84. The molecule has 1 aromatic carbocycles. The predicted octanol–water partition coefficient (Wildman–Crippen LogP) is 1.73. The molecular formula is C8H5N2O2+. The van der Waals surface area contributed by atoms with E-state index in [-0.39, 0.29) is 1.43 Å². The van der Waals surface area contributed by atoms with Gasteiger partial charge in [-0.15, -0.1) is 0 Å². The molecule has 0 unspecified atom stereocenters. The van der Waals surface area contributed by atoms with Gasteiger partial charge in [0, 0.05) is 0 Å². The molecule has 0 fully saturated rings. The average molecular weight is 161 g/mol. The van der Waals surface area contributed by atoms with Crippen molar-refractivity contribution in [3.8, 4) is 0 Å². The molecule has 12 heavy (non-hydrogen) atoms. The van der Waals surface area contributed by atoms with Gasteiger partial charge in [-0.05, 0) is 18.2 Å². The van der Waals surface area contributed by atoms with Crippen molar-refractivity contribution >= 4 is 23.5 Å². The van der Waals surface area contributed by atoms with Crippen molar-refractivity contribution in [1.29, 1.82) is 0 Å². The van der Waals surface area contributed by atoms with E-state index in [4.69, 9.17) is 0 Å². The summed E-state index contributed by atoms with van der Waals surface area (Å²) >= 11 is 0. The smallest absolute Gasteiger partial charge is 0.211 e. The third-order valence-electron chi connectivity index (χ3n) is 1.18. The van der Waals surface area contributed by atoms with E-state index in [9.17, 15) is 9.59 Å². The molecule has 0 N–H and O–H groups in total. The third-order valence-corrected chi connectivity index (χ3v) is 1.18. The van der Waals surface area contributed by atoms with E-state index >= 15 is 0 Å². The van der Waals surface area contributed by atoms with Gasteiger partial charge in [0.1, 0.15) is 0 Å². The number of hydrogen-bond acceptors (Lipinski definition) is 4. The van der Waals surface area contributed by atoms with Gasteiger partial charge < -0.3 is 0 Å². The van der Waals surface area contributed by atoms with Gasteiger partial charge in [0.2, 0.25) is 12.2 Å². The lowest BCUT2D eigenvalue weighted by atomic mass is 10.3. The van der Waals surface area contributed by atoms with Gasteiger partial charge in [-0.1, -0.05) is 6.07 Å². The normalized spacial score (nSPS) is 8.00. The Morgan fingerprint density at radius 3 is 2.00 bits per heavy atom. The van der Waals surface area contributed by atoms with Gasteiger partial charge >= 0.3 is 1.43 Å². The van der Waals surface area contributed by atoms with E-state index in [1.807, 2.05) is 0 Å². The highest BCUT2D eigenvalue weighted by Crippen LogP contribution is 2.18. The van der Waals surface area contributed by atoms with Crippen LogP contribution in [0.2, 0.25) is 0 Å². The zero-order valence-electron chi connectivity index (χ0n) is 7.02. The minimum atomic E-state index is 0. The fraction of sp³-hybridized carbons (Fsp3) is 0. The van der Waals surface area contributed by atoms with E-state index in [0.717, 1.165) is 0 Å². The molecule has 0 saturated carbocycles. The second-order valence-corrected chi connectivity index (χ2v) is 1.93. The van der Waals surface area contributed by atoms with Crippen molar-refractivity contribution in [3.05, 3.63) is 24.3 Å². The molecule has 0 bridgehead atoms. The van der Waals surface area contributed by atoms with E-state index in [2.05, 4.69) is 9.98 Å². The Hall–Kier alpha value is -2.02. The summed E-state index contributed by atoms with van der Waals surface area (Å²) in [6.07, 6.45) is 2.78. The quantitative estimate of drug-likeness (QED) is 0.489. The van der Waals surface area contributed by atoms with Crippen molar-refractivity contribution in [2.45, 2.75) is 0 Å². The van der Waals surface area contributed by atoms with Gasteiger partial charge in [0.25, 0.3) is 0 Å². The second kappa shape index (κ2) is 3.98. The van der Waals surface area contributed by atoms with Crippen molar-refractivity contribution in [2.24, 2.45) is 9.98 Å². The van der Waals surface area contributed by atoms with Crippen LogP contribution in [0.5, 0.6) is 0 Å². The van der Waals surface area contributed by atoms with Crippen molar-refractivity contribution in [2.75, 3.05) is 0 Å². The van der Waals surface area contributed by atoms with Crippen LogP contribution in [0.25, 0.3) is 0 Å². The molecule has 4 heteroatoms.